The molecule has 12 heavy (non-hydrogen) atoms. The molecule has 1 aromatic heterocycles. The van der Waals surface area contributed by atoms with Crippen LogP contribution in [0.25, 0.3) is 0 Å². The summed E-state index contributed by atoms with van der Waals surface area (Å²) in [6.07, 6.45) is 2.98. The molecule has 1 radical (unpaired) electrons. The first-order chi connectivity index (χ1) is 5.29. The third kappa shape index (κ3) is 3.11. The van der Waals surface area contributed by atoms with Gasteiger partial charge in [-0.1, -0.05) is 11.9 Å². The number of ketones is 1. The Labute approximate surface area is 66.3 Å². The van der Waals surface area contributed by atoms with Crippen molar-refractivity contribution in [2.75, 3.05) is 0 Å². The number of Topliss-reactive ketones (excluding diaryl/α,β-unsaturated/α-hetero) is 1. The van der Waals surface area contributed by atoms with Crippen LogP contribution in [0.4, 0.5) is 0 Å². The number of carbonyl (C=O) groups excluding carboxylic acids is 1. The molecule has 0 fully saturated rings. The summed E-state index contributed by atoms with van der Waals surface area (Å²) in [6, 6.07) is 6.59. The number of rotatable bonds is 3. The Kier molecular flexibility index (Phi) is 3.77. The summed E-state index contributed by atoms with van der Waals surface area (Å²) in [6.45, 7) is 1.59. The number of hydrogen-bond acceptors (Lipinski definition) is 2. The maximum absolute atomic E-state index is 10.6. The van der Waals surface area contributed by atoms with E-state index >= 15 is 0 Å². The van der Waals surface area contributed by atoms with E-state index in [-0.39, 0.29) is 5.78 Å². The van der Waals surface area contributed by atoms with Crippen LogP contribution in [0, 0.1) is 6.07 Å². The molecule has 3 heteroatoms. The predicted molar refractivity (Wildman–Crippen MR) is 42.1 cm³/mol. The number of nitrogens with zero attached hydrogens (tertiary/aromatic N) is 1. The summed E-state index contributed by atoms with van der Waals surface area (Å²) >= 11 is 0. The fourth-order valence-electron chi connectivity index (χ4n) is 0.789. The van der Waals surface area contributed by atoms with Crippen LogP contribution in [0.3, 0.4) is 0 Å². The Morgan fingerprint density at radius 2 is 2.42 bits per heavy atom. The Balaban J connectivity index is 0.00000121. The van der Waals surface area contributed by atoms with Crippen LogP contribution in [-0.4, -0.2) is 10.8 Å². The number of hydrogen-bond donors (Lipinski definition) is 0. The van der Waals surface area contributed by atoms with Gasteiger partial charge in [-0.05, 0) is 13.3 Å². The fraction of sp³-hybridized carbons (Fsp3) is 0.333. The third-order valence-corrected chi connectivity index (χ3v) is 1.38. The van der Waals surface area contributed by atoms with Gasteiger partial charge < -0.3 is 9.78 Å². The molecule has 0 aliphatic heterocycles. The predicted octanol–water partition coefficient (Wildman–Crippen LogP) is 1.40. The fourth-order valence-corrected chi connectivity index (χ4v) is 0.789. The minimum absolute atomic E-state index is 0. The molecule has 0 N–H and O–H groups in total. The zero-order valence-electron chi connectivity index (χ0n) is 6.80. The van der Waals surface area contributed by atoms with Crippen LogP contribution in [0.2, 0.25) is 0 Å². The van der Waals surface area contributed by atoms with E-state index in [2.05, 4.69) is 11.1 Å². The van der Waals surface area contributed by atoms with Crippen LogP contribution in [0.5, 0.6) is 0 Å². The molecule has 0 bridgehead atoms. The molecule has 0 saturated heterocycles. The monoisotopic (exact) mass is 400 g/mol. The number of aryl methyl sites for hydroxylation is 1. The van der Waals surface area contributed by atoms with Gasteiger partial charge in [-0.25, -0.2) is 12.1 Å². The second kappa shape index (κ2) is 4.61. The van der Waals surface area contributed by atoms with Gasteiger partial charge in [0.25, 0.3) is 0 Å². The van der Waals surface area contributed by atoms with Crippen LogP contribution in [0.1, 0.15) is 19.0 Å². The average molecular weight is 400 g/mol. The first-order valence-electron chi connectivity index (χ1n) is 3.60. The molecule has 69 valence electrons. The van der Waals surface area contributed by atoms with E-state index in [4.69, 9.17) is 0 Å². The van der Waals surface area contributed by atoms with E-state index in [0.717, 1.165) is 5.69 Å². The van der Waals surface area contributed by atoms with Gasteiger partial charge >= 0.3 is 0 Å². The molecule has 1 heterocycles. The average Bonchev–Trinajstić information content (AvgIpc) is 2.03. The Hall–Kier alpha value is -2.18. The molecule has 0 amide bonds. The molecule has 1 rings (SSSR count). The SMILES string of the molecule is CC(=O)CCc1[c-]cccn1.[Es]. The van der Waals surface area contributed by atoms with Crippen molar-refractivity contribution in [1.82, 2.24) is 4.98 Å². The molecule has 0 unspecified atom stereocenters. The summed E-state index contributed by atoms with van der Waals surface area (Å²) in [4.78, 5) is 14.6. The number of aromatic nitrogens is 1. The van der Waals surface area contributed by atoms with Gasteiger partial charge in [0, 0.05) is 6.42 Å². The van der Waals surface area contributed by atoms with E-state index < -0.39 is 0 Å². The van der Waals surface area contributed by atoms with Crippen LogP contribution in [0.15, 0.2) is 18.3 Å². The minimum atomic E-state index is 0. The Bertz CT molecular complexity index is 236. The molecule has 0 saturated carbocycles. The largest absolute Gasteiger partial charge is 0.301 e. The summed E-state index contributed by atoms with van der Waals surface area (Å²) < 4.78 is 0. The van der Waals surface area contributed by atoms with Crippen molar-refractivity contribution in [2.45, 2.75) is 19.8 Å². The maximum atomic E-state index is 10.6. The van der Waals surface area contributed by atoms with E-state index in [1.165, 1.54) is 0 Å². The minimum Gasteiger partial charge on any atom is -0.301 e. The quantitative estimate of drug-likeness (QED) is 0.719. The van der Waals surface area contributed by atoms with Crippen molar-refractivity contribution in [3.05, 3.63) is 30.1 Å². The van der Waals surface area contributed by atoms with E-state index in [1.54, 1.807) is 13.1 Å². The van der Waals surface area contributed by atoms with Crippen LogP contribution >= 0.6 is 0 Å². The van der Waals surface area contributed by atoms with Crippen molar-refractivity contribution in [3.8, 4) is 0 Å². The van der Waals surface area contributed by atoms with Crippen molar-refractivity contribution < 1.29 is 4.79 Å². The zero-order valence-corrected chi connectivity index (χ0v) is 9.31. The van der Waals surface area contributed by atoms with Crippen LogP contribution < -0.4 is 0 Å². The summed E-state index contributed by atoms with van der Waals surface area (Å²) in [7, 11) is 0. The van der Waals surface area contributed by atoms with Gasteiger partial charge in [-0.15, -0.1) is 0 Å². The normalized spacial score (nSPS) is 8.75. The molecule has 0 aromatic carbocycles. The molecule has 2 nitrogen and oxygen atoms in total. The van der Waals surface area contributed by atoms with Gasteiger partial charge in [0.15, 0.2) is 0 Å². The zero-order chi connectivity index (χ0) is 8.10. The van der Waals surface area contributed by atoms with E-state index in [0.29, 0.717) is 12.8 Å². The molecule has 0 aliphatic carbocycles. The summed E-state index contributed by atoms with van der Waals surface area (Å²) in [5.41, 5.74) is 0.864. The standard InChI is InChI=1S/C9H10NO.Es/c1-8(11)5-6-9-4-2-3-7-10-9;/h2-3,7H,5-6H2,1H3;/q-1;. The summed E-state index contributed by atoms with van der Waals surface area (Å²) in [5, 5.41) is 0. The molecule has 0 aliphatic rings. The third-order valence-electron chi connectivity index (χ3n) is 1.38. The maximum Gasteiger partial charge on any atom is 0.130 e. The molecule has 0 spiro atoms. The van der Waals surface area contributed by atoms with Gasteiger partial charge in [-0.2, -0.15) is 6.07 Å². The first kappa shape index (κ1) is 9.82. The van der Waals surface area contributed by atoms with Gasteiger partial charge in [0.2, 0.25) is 0 Å². The second-order valence-electron chi connectivity index (χ2n) is 2.43. The topological polar surface area (TPSA) is 30.0 Å². The van der Waals surface area contributed by atoms with Gasteiger partial charge in [-0.3, -0.25) is 0 Å². The molecular formula is C9H10EsNO-. The Morgan fingerprint density at radius 3 is 2.92 bits per heavy atom. The Morgan fingerprint density at radius 1 is 1.67 bits per heavy atom. The van der Waals surface area contributed by atoms with Gasteiger partial charge in [0.1, 0.15) is 5.78 Å². The van der Waals surface area contributed by atoms with Gasteiger partial charge in [0.05, 0.1) is 0 Å². The molecule has 0 atom stereocenters. The number of pyridine rings is 1. The van der Waals surface area contributed by atoms with E-state index in [9.17, 15) is 4.79 Å². The molecule has 1 aromatic rings. The summed E-state index contributed by atoms with van der Waals surface area (Å²) in [5.74, 6) is 0.198. The molecular weight excluding hydrogens is 390 g/mol. The number of carbonyl (C=O) groups is 1. The van der Waals surface area contributed by atoms with Crippen molar-refractivity contribution in [3.63, 3.8) is 0 Å². The van der Waals surface area contributed by atoms with Crippen LogP contribution in [-0.2, 0) is 11.2 Å². The van der Waals surface area contributed by atoms with Crippen molar-refractivity contribution in [1.29, 1.82) is 0 Å². The van der Waals surface area contributed by atoms with E-state index in [1.807, 2.05) is 12.1 Å². The van der Waals surface area contributed by atoms with Crippen molar-refractivity contribution in [2.24, 2.45) is 0 Å². The van der Waals surface area contributed by atoms with Crippen molar-refractivity contribution >= 4 is 5.78 Å². The smallest absolute Gasteiger partial charge is 0.130 e. The first-order valence-corrected chi connectivity index (χ1v) is 3.60. The second-order valence-corrected chi connectivity index (χ2v) is 2.43.